The van der Waals surface area contributed by atoms with Crippen molar-refractivity contribution in [1.82, 2.24) is 10.6 Å². The maximum atomic E-state index is 11.8. The van der Waals surface area contributed by atoms with Crippen LogP contribution < -0.4 is 16.4 Å². The molecule has 0 aliphatic carbocycles. The first-order chi connectivity index (χ1) is 8.16. The number of rotatable bonds is 3. The van der Waals surface area contributed by atoms with Gasteiger partial charge < -0.3 is 16.4 Å². The molecule has 1 unspecified atom stereocenters. The topological polar surface area (TPSA) is 84.2 Å². The monoisotopic (exact) mass is 233 g/mol. The Bertz CT molecular complexity index is 445. The first kappa shape index (κ1) is 11.4. The van der Waals surface area contributed by atoms with E-state index < -0.39 is 0 Å². The second-order valence-electron chi connectivity index (χ2n) is 4.10. The average molecular weight is 233 g/mol. The van der Waals surface area contributed by atoms with Gasteiger partial charge in [0.25, 0.3) is 5.91 Å². The normalized spacial score (nSPS) is 18.8. The highest BCUT2D eigenvalue weighted by molar-refractivity contribution is 5.99. The van der Waals surface area contributed by atoms with Crippen molar-refractivity contribution in [2.24, 2.45) is 0 Å². The number of anilines is 1. The molecule has 1 aliphatic heterocycles. The van der Waals surface area contributed by atoms with Crippen molar-refractivity contribution in [3.05, 3.63) is 29.8 Å². The predicted molar refractivity (Wildman–Crippen MR) is 64.4 cm³/mol. The molecule has 0 bridgehead atoms. The van der Waals surface area contributed by atoms with Crippen LogP contribution in [-0.2, 0) is 4.79 Å². The lowest BCUT2D eigenvalue weighted by Gasteiger charge is -2.12. The Morgan fingerprint density at radius 3 is 2.88 bits per heavy atom. The number of nitrogens with two attached hydrogens (primary N) is 1. The number of carbonyl (C=O) groups excluding carboxylic acids is 2. The van der Waals surface area contributed by atoms with E-state index in [0.717, 1.165) is 6.42 Å². The van der Waals surface area contributed by atoms with Crippen LogP contribution in [0.3, 0.4) is 0 Å². The molecule has 5 nitrogen and oxygen atoms in total. The summed E-state index contributed by atoms with van der Waals surface area (Å²) in [6, 6.07) is 6.95. The van der Waals surface area contributed by atoms with E-state index in [1.54, 1.807) is 24.3 Å². The lowest BCUT2D eigenvalue weighted by Crippen LogP contribution is -2.38. The quantitative estimate of drug-likeness (QED) is 0.655. The van der Waals surface area contributed by atoms with Gasteiger partial charge in [0.15, 0.2) is 0 Å². The summed E-state index contributed by atoms with van der Waals surface area (Å²) < 4.78 is 0. The third kappa shape index (κ3) is 2.75. The lowest BCUT2D eigenvalue weighted by molar-refractivity contribution is -0.119. The molecule has 17 heavy (non-hydrogen) atoms. The largest absolute Gasteiger partial charge is 0.398 e. The molecule has 90 valence electrons. The van der Waals surface area contributed by atoms with E-state index in [-0.39, 0.29) is 17.9 Å². The van der Waals surface area contributed by atoms with Crippen LogP contribution in [0.25, 0.3) is 0 Å². The van der Waals surface area contributed by atoms with Crippen molar-refractivity contribution < 1.29 is 9.59 Å². The summed E-state index contributed by atoms with van der Waals surface area (Å²) in [5, 5.41) is 5.56. The smallest absolute Gasteiger partial charge is 0.253 e. The van der Waals surface area contributed by atoms with Crippen molar-refractivity contribution in [2.45, 2.75) is 18.9 Å². The van der Waals surface area contributed by atoms with Gasteiger partial charge in [0.1, 0.15) is 0 Å². The van der Waals surface area contributed by atoms with Crippen LogP contribution in [0.1, 0.15) is 23.2 Å². The molecule has 1 aromatic carbocycles. The number of hydrogen-bond donors (Lipinski definition) is 3. The van der Waals surface area contributed by atoms with Crippen molar-refractivity contribution in [2.75, 3.05) is 12.3 Å². The fraction of sp³-hybridized carbons (Fsp3) is 0.333. The number of amides is 2. The molecule has 0 aromatic heterocycles. The molecule has 0 saturated carbocycles. The maximum Gasteiger partial charge on any atom is 0.253 e. The molecular formula is C12H15N3O2. The minimum atomic E-state index is -0.204. The molecule has 0 spiro atoms. The zero-order valence-corrected chi connectivity index (χ0v) is 9.40. The van der Waals surface area contributed by atoms with E-state index in [4.69, 9.17) is 5.73 Å². The molecule has 2 rings (SSSR count). The second-order valence-corrected chi connectivity index (χ2v) is 4.10. The van der Waals surface area contributed by atoms with Gasteiger partial charge in [-0.2, -0.15) is 0 Å². The summed E-state index contributed by atoms with van der Waals surface area (Å²) in [7, 11) is 0. The highest BCUT2D eigenvalue weighted by atomic mass is 16.2. The molecule has 1 aliphatic rings. The summed E-state index contributed by atoms with van der Waals surface area (Å²) in [5.74, 6) is -0.160. The van der Waals surface area contributed by atoms with Crippen LogP contribution in [0.4, 0.5) is 5.69 Å². The average Bonchev–Trinajstić information content (AvgIpc) is 2.73. The number of benzene rings is 1. The zero-order valence-electron chi connectivity index (χ0n) is 9.40. The lowest BCUT2D eigenvalue weighted by atomic mass is 10.1. The van der Waals surface area contributed by atoms with Crippen molar-refractivity contribution >= 4 is 17.5 Å². The van der Waals surface area contributed by atoms with Crippen LogP contribution in [0.15, 0.2) is 24.3 Å². The molecule has 5 heteroatoms. The number of nitrogens with one attached hydrogen (secondary N) is 2. The van der Waals surface area contributed by atoms with Gasteiger partial charge in [-0.1, -0.05) is 12.1 Å². The minimum absolute atomic E-state index is 0.0383. The second kappa shape index (κ2) is 4.86. The number of hydrogen-bond acceptors (Lipinski definition) is 3. The maximum absolute atomic E-state index is 11.8. The van der Waals surface area contributed by atoms with Crippen LogP contribution >= 0.6 is 0 Å². The van der Waals surface area contributed by atoms with Crippen LogP contribution in [0.2, 0.25) is 0 Å². The summed E-state index contributed by atoms with van der Waals surface area (Å²) in [6.07, 6.45) is 1.30. The van der Waals surface area contributed by atoms with Gasteiger partial charge in [-0.05, 0) is 18.6 Å². The van der Waals surface area contributed by atoms with Gasteiger partial charge >= 0.3 is 0 Å². The Kier molecular flexibility index (Phi) is 3.27. The number of carbonyl (C=O) groups is 2. The third-order valence-electron chi connectivity index (χ3n) is 2.80. The Balaban J connectivity index is 1.90. The minimum Gasteiger partial charge on any atom is -0.398 e. The highest BCUT2D eigenvalue weighted by Gasteiger charge is 2.21. The van der Waals surface area contributed by atoms with Gasteiger partial charge in [0.2, 0.25) is 5.91 Å². The van der Waals surface area contributed by atoms with Gasteiger partial charge in [-0.3, -0.25) is 9.59 Å². The van der Waals surface area contributed by atoms with E-state index in [1.807, 2.05) is 0 Å². The summed E-state index contributed by atoms with van der Waals surface area (Å²) in [4.78, 5) is 22.8. The van der Waals surface area contributed by atoms with Crippen molar-refractivity contribution in [3.8, 4) is 0 Å². The fourth-order valence-electron chi connectivity index (χ4n) is 1.85. The van der Waals surface area contributed by atoms with Crippen molar-refractivity contribution in [3.63, 3.8) is 0 Å². The third-order valence-corrected chi connectivity index (χ3v) is 2.80. The van der Waals surface area contributed by atoms with E-state index in [1.165, 1.54) is 0 Å². The molecular weight excluding hydrogens is 218 g/mol. The number of nitrogen functional groups attached to an aromatic ring is 1. The molecule has 1 saturated heterocycles. The predicted octanol–water partition coefficient (Wildman–Crippen LogP) is 0.277. The SMILES string of the molecule is Nc1ccccc1C(=O)NCC1CCC(=O)N1. The van der Waals surface area contributed by atoms with Crippen LogP contribution in [0, 0.1) is 0 Å². The van der Waals surface area contributed by atoms with Gasteiger partial charge in [0.05, 0.1) is 5.56 Å². The Morgan fingerprint density at radius 1 is 1.47 bits per heavy atom. The Morgan fingerprint density at radius 2 is 2.24 bits per heavy atom. The standard InChI is InChI=1S/C12H15N3O2/c13-10-4-2-1-3-9(10)12(17)14-7-8-5-6-11(16)15-8/h1-4,8H,5-7,13H2,(H,14,17)(H,15,16). The van der Waals surface area contributed by atoms with E-state index in [9.17, 15) is 9.59 Å². The van der Waals surface area contributed by atoms with Gasteiger partial charge in [0, 0.05) is 24.7 Å². The molecule has 1 fully saturated rings. The van der Waals surface area contributed by atoms with Gasteiger partial charge in [-0.25, -0.2) is 0 Å². The van der Waals surface area contributed by atoms with Gasteiger partial charge in [-0.15, -0.1) is 0 Å². The number of para-hydroxylation sites is 1. The molecule has 1 aromatic rings. The fourth-order valence-corrected chi connectivity index (χ4v) is 1.85. The molecule has 0 radical (unpaired) electrons. The summed E-state index contributed by atoms with van der Waals surface area (Å²) in [6.45, 7) is 0.443. The first-order valence-electron chi connectivity index (χ1n) is 5.59. The zero-order chi connectivity index (χ0) is 12.3. The molecule has 1 atom stereocenters. The van der Waals surface area contributed by atoms with Crippen LogP contribution in [0.5, 0.6) is 0 Å². The first-order valence-corrected chi connectivity index (χ1v) is 5.59. The Labute approximate surface area is 99.4 Å². The summed E-state index contributed by atoms with van der Waals surface area (Å²) >= 11 is 0. The molecule has 2 amide bonds. The molecule has 4 N–H and O–H groups in total. The van der Waals surface area contributed by atoms with E-state index >= 15 is 0 Å². The van der Waals surface area contributed by atoms with Crippen molar-refractivity contribution in [1.29, 1.82) is 0 Å². The molecule has 1 heterocycles. The van der Waals surface area contributed by atoms with Crippen LogP contribution in [-0.4, -0.2) is 24.4 Å². The Hall–Kier alpha value is -2.04. The summed E-state index contributed by atoms with van der Waals surface area (Å²) in [5.41, 5.74) is 6.62. The van der Waals surface area contributed by atoms with E-state index in [2.05, 4.69) is 10.6 Å². The highest BCUT2D eigenvalue weighted by Crippen LogP contribution is 2.10. The van der Waals surface area contributed by atoms with E-state index in [0.29, 0.717) is 24.2 Å².